The molecule has 0 atom stereocenters. The summed E-state index contributed by atoms with van der Waals surface area (Å²) in [5, 5.41) is 4.11. The molecule has 0 saturated carbocycles. The van der Waals surface area contributed by atoms with Gasteiger partial charge in [-0.2, -0.15) is 5.10 Å². The summed E-state index contributed by atoms with van der Waals surface area (Å²) in [7, 11) is 3.52. The van der Waals surface area contributed by atoms with Gasteiger partial charge < -0.3 is 4.74 Å². The molecule has 2 aromatic heterocycles. The molecule has 14 heavy (non-hydrogen) atoms. The number of ether oxygens (including phenoxy) is 1. The van der Waals surface area contributed by atoms with Crippen LogP contribution in [0.3, 0.4) is 0 Å². The first-order valence-corrected chi connectivity index (χ1v) is 4.28. The van der Waals surface area contributed by atoms with E-state index in [1.165, 1.54) is 0 Å². The van der Waals surface area contributed by atoms with Crippen LogP contribution in [0.4, 0.5) is 0 Å². The largest absolute Gasteiger partial charge is 0.494 e. The van der Waals surface area contributed by atoms with Crippen molar-refractivity contribution < 1.29 is 4.74 Å². The Morgan fingerprint density at radius 3 is 2.86 bits per heavy atom. The Bertz CT molecular complexity index is 436. The lowest BCUT2D eigenvalue weighted by Gasteiger charge is -2.04. The lowest BCUT2D eigenvalue weighted by molar-refractivity contribution is 0.414. The first-order chi connectivity index (χ1) is 6.81. The molecule has 4 heteroatoms. The molecule has 0 aliphatic carbocycles. The van der Waals surface area contributed by atoms with E-state index in [4.69, 9.17) is 4.74 Å². The van der Waals surface area contributed by atoms with Gasteiger partial charge in [0.25, 0.3) is 0 Å². The SMILES string of the molecule is COc1cnccc1-c1cnn(C)c1. The monoisotopic (exact) mass is 189 g/mol. The molecular formula is C10H11N3O. The van der Waals surface area contributed by atoms with Crippen molar-refractivity contribution in [2.75, 3.05) is 7.11 Å². The Balaban J connectivity index is 2.50. The predicted octanol–water partition coefficient (Wildman–Crippen LogP) is 1.49. The van der Waals surface area contributed by atoms with E-state index in [2.05, 4.69) is 10.1 Å². The highest BCUT2D eigenvalue weighted by Crippen LogP contribution is 2.27. The van der Waals surface area contributed by atoms with Crippen LogP contribution >= 0.6 is 0 Å². The lowest BCUT2D eigenvalue weighted by atomic mass is 10.1. The molecule has 4 nitrogen and oxygen atoms in total. The van der Waals surface area contributed by atoms with Gasteiger partial charge in [-0.1, -0.05) is 0 Å². The molecule has 2 rings (SSSR count). The number of pyridine rings is 1. The molecule has 0 amide bonds. The highest BCUT2D eigenvalue weighted by molar-refractivity contribution is 5.68. The van der Waals surface area contributed by atoms with Gasteiger partial charge in [-0.3, -0.25) is 9.67 Å². The molecule has 0 saturated heterocycles. The van der Waals surface area contributed by atoms with Crippen molar-refractivity contribution in [3.63, 3.8) is 0 Å². The molecular weight excluding hydrogens is 178 g/mol. The van der Waals surface area contributed by atoms with Crippen molar-refractivity contribution in [1.29, 1.82) is 0 Å². The molecule has 0 bridgehead atoms. The van der Waals surface area contributed by atoms with Gasteiger partial charge in [-0.25, -0.2) is 0 Å². The average molecular weight is 189 g/mol. The number of aromatic nitrogens is 3. The lowest BCUT2D eigenvalue weighted by Crippen LogP contribution is -1.88. The van der Waals surface area contributed by atoms with Gasteiger partial charge >= 0.3 is 0 Å². The standard InChI is InChI=1S/C10H11N3O/c1-13-7-8(5-12-13)9-3-4-11-6-10(9)14-2/h3-7H,1-2H3. The molecule has 0 N–H and O–H groups in total. The second-order valence-corrected chi connectivity index (χ2v) is 2.98. The molecule has 0 spiro atoms. The maximum Gasteiger partial charge on any atom is 0.145 e. The van der Waals surface area contributed by atoms with Gasteiger partial charge in [0, 0.05) is 30.6 Å². The topological polar surface area (TPSA) is 39.9 Å². The van der Waals surface area contributed by atoms with Crippen LogP contribution in [-0.4, -0.2) is 21.9 Å². The second-order valence-electron chi connectivity index (χ2n) is 2.98. The number of aryl methyl sites for hydroxylation is 1. The summed E-state index contributed by atoms with van der Waals surface area (Å²) in [5.74, 6) is 0.764. The van der Waals surface area contributed by atoms with E-state index in [0.29, 0.717) is 0 Å². The Labute approximate surface area is 82.2 Å². The molecule has 0 radical (unpaired) electrons. The first kappa shape index (κ1) is 8.74. The molecule has 2 heterocycles. The minimum absolute atomic E-state index is 0.764. The third-order valence-corrected chi connectivity index (χ3v) is 2.02. The number of methoxy groups -OCH3 is 1. The fourth-order valence-corrected chi connectivity index (χ4v) is 1.34. The van der Waals surface area contributed by atoms with Crippen molar-refractivity contribution in [2.45, 2.75) is 0 Å². The number of hydrogen-bond donors (Lipinski definition) is 0. The van der Waals surface area contributed by atoms with E-state index in [1.807, 2.05) is 19.3 Å². The molecule has 0 aliphatic heterocycles. The van der Waals surface area contributed by atoms with Crippen LogP contribution in [0.5, 0.6) is 5.75 Å². The molecule has 0 unspecified atom stereocenters. The van der Waals surface area contributed by atoms with Gasteiger partial charge in [0.1, 0.15) is 5.75 Å². The van der Waals surface area contributed by atoms with Crippen molar-refractivity contribution in [1.82, 2.24) is 14.8 Å². The Hall–Kier alpha value is -1.84. The minimum Gasteiger partial charge on any atom is -0.494 e. The Morgan fingerprint density at radius 2 is 2.21 bits per heavy atom. The number of rotatable bonds is 2. The molecule has 2 aromatic rings. The summed E-state index contributed by atoms with van der Waals surface area (Å²) in [4.78, 5) is 4.00. The highest BCUT2D eigenvalue weighted by Gasteiger charge is 2.06. The summed E-state index contributed by atoms with van der Waals surface area (Å²) in [5.41, 5.74) is 2.04. The summed E-state index contributed by atoms with van der Waals surface area (Å²) in [6.07, 6.45) is 7.18. The zero-order chi connectivity index (χ0) is 9.97. The maximum atomic E-state index is 5.21. The quantitative estimate of drug-likeness (QED) is 0.718. The summed E-state index contributed by atoms with van der Waals surface area (Å²) >= 11 is 0. The Morgan fingerprint density at radius 1 is 1.36 bits per heavy atom. The van der Waals surface area contributed by atoms with Gasteiger partial charge in [-0.05, 0) is 6.07 Å². The van der Waals surface area contributed by atoms with E-state index < -0.39 is 0 Å². The van der Waals surface area contributed by atoms with Crippen molar-refractivity contribution in [3.05, 3.63) is 30.9 Å². The minimum atomic E-state index is 0.764. The van der Waals surface area contributed by atoms with Gasteiger partial charge in [0.2, 0.25) is 0 Å². The third-order valence-electron chi connectivity index (χ3n) is 2.02. The zero-order valence-corrected chi connectivity index (χ0v) is 8.14. The highest BCUT2D eigenvalue weighted by atomic mass is 16.5. The van der Waals surface area contributed by atoms with Gasteiger partial charge in [0.05, 0.1) is 19.5 Å². The smallest absolute Gasteiger partial charge is 0.145 e. The van der Waals surface area contributed by atoms with Crippen molar-refractivity contribution in [2.24, 2.45) is 7.05 Å². The summed E-state index contributed by atoms with van der Waals surface area (Å²) < 4.78 is 6.97. The van der Waals surface area contributed by atoms with Crippen molar-refractivity contribution >= 4 is 0 Å². The number of hydrogen-bond acceptors (Lipinski definition) is 3. The van der Waals surface area contributed by atoms with Crippen LogP contribution in [0.25, 0.3) is 11.1 Å². The Kier molecular flexibility index (Phi) is 2.18. The van der Waals surface area contributed by atoms with Crippen LogP contribution in [-0.2, 0) is 7.05 Å². The maximum absolute atomic E-state index is 5.21. The van der Waals surface area contributed by atoms with Gasteiger partial charge in [0.15, 0.2) is 0 Å². The number of nitrogens with zero attached hydrogens (tertiary/aromatic N) is 3. The average Bonchev–Trinajstić information content (AvgIpc) is 2.65. The zero-order valence-electron chi connectivity index (χ0n) is 8.14. The normalized spacial score (nSPS) is 10.1. The molecule has 0 aliphatic rings. The van der Waals surface area contributed by atoms with Crippen LogP contribution in [0.15, 0.2) is 30.9 Å². The molecule has 72 valence electrons. The fraction of sp³-hybridized carbons (Fsp3) is 0.200. The van der Waals surface area contributed by atoms with E-state index >= 15 is 0 Å². The fourth-order valence-electron chi connectivity index (χ4n) is 1.34. The molecule has 0 aromatic carbocycles. The van der Waals surface area contributed by atoms with Crippen LogP contribution in [0.2, 0.25) is 0 Å². The molecule has 0 fully saturated rings. The predicted molar refractivity (Wildman–Crippen MR) is 53.0 cm³/mol. The summed E-state index contributed by atoms with van der Waals surface area (Å²) in [6, 6.07) is 1.91. The van der Waals surface area contributed by atoms with Crippen LogP contribution in [0, 0.1) is 0 Å². The van der Waals surface area contributed by atoms with E-state index in [9.17, 15) is 0 Å². The van der Waals surface area contributed by atoms with E-state index in [0.717, 1.165) is 16.9 Å². The van der Waals surface area contributed by atoms with Crippen LogP contribution in [0.1, 0.15) is 0 Å². The summed E-state index contributed by atoms with van der Waals surface area (Å²) in [6.45, 7) is 0. The van der Waals surface area contributed by atoms with Crippen LogP contribution < -0.4 is 4.74 Å². The third kappa shape index (κ3) is 1.46. The van der Waals surface area contributed by atoms with Gasteiger partial charge in [-0.15, -0.1) is 0 Å². The first-order valence-electron chi connectivity index (χ1n) is 4.28. The second kappa shape index (κ2) is 3.49. The van der Waals surface area contributed by atoms with Crippen molar-refractivity contribution in [3.8, 4) is 16.9 Å². The van der Waals surface area contributed by atoms with E-state index in [1.54, 1.807) is 30.4 Å². The van der Waals surface area contributed by atoms with E-state index in [-0.39, 0.29) is 0 Å².